The zero-order valence-electron chi connectivity index (χ0n) is 16.5. The molecule has 3 heteroatoms. The van der Waals surface area contributed by atoms with E-state index in [2.05, 4.69) is 118 Å². The van der Waals surface area contributed by atoms with Gasteiger partial charge in [0.05, 0.1) is 11.0 Å². The Morgan fingerprint density at radius 3 is 2.29 bits per heavy atom. The lowest BCUT2D eigenvalue weighted by Crippen LogP contribution is -1.93. The highest BCUT2D eigenvalue weighted by atomic mass is 79.9. The molecule has 0 atom stereocenters. The van der Waals surface area contributed by atoms with E-state index in [0.29, 0.717) is 0 Å². The number of hydrogen-bond donors (Lipinski definition) is 0. The number of thiophene rings is 1. The van der Waals surface area contributed by atoms with E-state index in [1.807, 2.05) is 11.3 Å². The molecule has 0 amide bonds. The summed E-state index contributed by atoms with van der Waals surface area (Å²) in [6.45, 7) is 0. The van der Waals surface area contributed by atoms with E-state index < -0.39 is 0 Å². The number of benzene rings is 5. The minimum Gasteiger partial charge on any atom is -0.309 e. The van der Waals surface area contributed by atoms with Gasteiger partial charge in [-0.1, -0.05) is 64.5 Å². The SMILES string of the molecule is Brc1ccc2c(c1)c1cc3ccc4c5ccccc5sc4c3cc1n2-c1ccccc1. The maximum absolute atomic E-state index is 3.68. The van der Waals surface area contributed by atoms with Crippen LogP contribution < -0.4 is 0 Å². The van der Waals surface area contributed by atoms with Crippen molar-refractivity contribution < 1.29 is 0 Å². The lowest BCUT2D eigenvalue weighted by atomic mass is 10.0. The van der Waals surface area contributed by atoms with Gasteiger partial charge in [-0.25, -0.2) is 0 Å². The predicted molar refractivity (Wildman–Crippen MR) is 139 cm³/mol. The molecular weight excluding hydrogens is 462 g/mol. The number of rotatable bonds is 1. The van der Waals surface area contributed by atoms with Crippen LogP contribution in [0.4, 0.5) is 0 Å². The molecule has 2 aromatic heterocycles. The van der Waals surface area contributed by atoms with Gasteiger partial charge in [0.25, 0.3) is 0 Å². The summed E-state index contributed by atoms with van der Waals surface area (Å²) in [7, 11) is 0. The quantitative estimate of drug-likeness (QED) is 0.222. The summed E-state index contributed by atoms with van der Waals surface area (Å²) in [6, 6.07) is 35.3. The zero-order chi connectivity index (χ0) is 20.5. The van der Waals surface area contributed by atoms with E-state index in [-0.39, 0.29) is 0 Å². The Hall–Kier alpha value is -3.14. The second kappa shape index (κ2) is 6.43. The van der Waals surface area contributed by atoms with Gasteiger partial charge >= 0.3 is 0 Å². The van der Waals surface area contributed by atoms with Gasteiger partial charge in [0, 0.05) is 46.5 Å². The lowest BCUT2D eigenvalue weighted by molar-refractivity contribution is 1.18. The van der Waals surface area contributed by atoms with Gasteiger partial charge in [-0.05, 0) is 53.9 Å². The van der Waals surface area contributed by atoms with Gasteiger partial charge in [-0.2, -0.15) is 0 Å². The van der Waals surface area contributed by atoms with Crippen molar-refractivity contribution in [3.63, 3.8) is 0 Å². The monoisotopic (exact) mass is 477 g/mol. The normalized spacial score (nSPS) is 12.0. The third-order valence-corrected chi connectivity index (χ3v) is 7.93. The topological polar surface area (TPSA) is 4.93 Å². The Morgan fingerprint density at radius 2 is 1.39 bits per heavy atom. The van der Waals surface area contributed by atoms with Crippen molar-refractivity contribution in [2.45, 2.75) is 0 Å². The number of aromatic nitrogens is 1. The second-order valence-corrected chi connectivity index (χ2v) is 9.93. The molecule has 31 heavy (non-hydrogen) atoms. The van der Waals surface area contributed by atoms with Crippen molar-refractivity contribution >= 4 is 80.0 Å². The molecule has 0 saturated heterocycles. The summed E-state index contributed by atoms with van der Waals surface area (Å²) in [5.41, 5.74) is 3.66. The molecule has 0 fully saturated rings. The maximum atomic E-state index is 3.68. The van der Waals surface area contributed by atoms with Gasteiger partial charge < -0.3 is 4.57 Å². The van der Waals surface area contributed by atoms with Crippen molar-refractivity contribution in [2.75, 3.05) is 0 Å². The predicted octanol–water partition coefficient (Wildman–Crippen LogP) is 9.07. The van der Waals surface area contributed by atoms with Crippen LogP contribution in [0.15, 0.2) is 102 Å². The molecule has 2 heterocycles. The van der Waals surface area contributed by atoms with Crippen LogP contribution in [0, 0.1) is 0 Å². The molecule has 0 saturated carbocycles. The summed E-state index contributed by atoms with van der Waals surface area (Å²) >= 11 is 5.57. The van der Waals surface area contributed by atoms with Crippen molar-refractivity contribution in [3.05, 3.63) is 102 Å². The molecule has 7 aromatic rings. The Balaban J connectivity index is 1.70. The Labute approximate surface area is 191 Å². The third kappa shape index (κ3) is 2.48. The molecule has 0 unspecified atom stereocenters. The summed E-state index contributed by atoms with van der Waals surface area (Å²) in [4.78, 5) is 0. The van der Waals surface area contributed by atoms with E-state index in [9.17, 15) is 0 Å². The summed E-state index contributed by atoms with van der Waals surface area (Å²) in [5, 5.41) is 7.86. The average molecular weight is 478 g/mol. The fourth-order valence-electron chi connectivity index (χ4n) is 4.85. The van der Waals surface area contributed by atoms with Crippen molar-refractivity contribution in [2.24, 2.45) is 0 Å². The molecule has 0 radical (unpaired) electrons. The van der Waals surface area contributed by atoms with Crippen molar-refractivity contribution in [1.82, 2.24) is 4.57 Å². The maximum Gasteiger partial charge on any atom is 0.0547 e. The molecule has 1 nitrogen and oxygen atoms in total. The van der Waals surface area contributed by atoms with Crippen LogP contribution >= 0.6 is 27.3 Å². The third-order valence-electron chi connectivity index (χ3n) is 6.22. The van der Waals surface area contributed by atoms with E-state index in [0.717, 1.165) is 4.47 Å². The Bertz CT molecular complexity index is 1790. The minimum absolute atomic E-state index is 1.10. The molecule has 5 aromatic carbocycles. The molecule has 0 aliphatic carbocycles. The number of halogens is 1. The first kappa shape index (κ1) is 17.5. The van der Waals surface area contributed by atoms with Crippen LogP contribution in [-0.2, 0) is 0 Å². The van der Waals surface area contributed by atoms with Crippen molar-refractivity contribution in [3.8, 4) is 5.69 Å². The zero-order valence-corrected chi connectivity index (χ0v) is 18.9. The highest BCUT2D eigenvalue weighted by molar-refractivity contribution is 9.10. The molecule has 0 N–H and O–H groups in total. The van der Waals surface area contributed by atoms with Crippen LogP contribution in [0.3, 0.4) is 0 Å². The lowest BCUT2D eigenvalue weighted by Gasteiger charge is -2.08. The number of hydrogen-bond acceptors (Lipinski definition) is 1. The van der Waals surface area contributed by atoms with Crippen LogP contribution in [0.2, 0.25) is 0 Å². The van der Waals surface area contributed by atoms with E-state index in [1.54, 1.807) is 0 Å². The first-order valence-electron chi connectivity index (χ1n) is 10.3. The van der Waals surface area contributed by atoms with Crippen LogP contribution in [0.1, 0.15) is 0 Å². The molecular formula is C28H16BrNS. The molecule has 0 aliphatic heterocycles. The van der Waals surface area contributed by atoms with E-state index >= 15 is 0 Å². The Kier molecular flexibility index (Phi) is 3.64. The smallest absolute Gasteiger partial charge is 0.0547 e. The number of nitrogens with zero attached hydrogens (tertiary/aromatic N) is 1. The highest BCUT2D eigenvalue weighted by Crippen LogP contribution is 2.42. The summed E-state index contributed by atoms with van der Waals surface area (Å²) < 4.78 is 6.21. The summed E-state index contributed by atoms with van der Waals surface area (Å²) in [6.07, 6.45) is 0. The van der Waals surface area contributed by atoms with Crippen LogP contribution in [0.25, 0.3) is 58.4 Å². The first-order chi connectivity index (χ1) is 15.3. The number of para-hydroxylation sites is 1. The highest BCUT2D eigenvalue weighted by Gasteiger charge is 2.15. The van der Waals surface area contributed by atoms with Crippen LogP contribution in [0.5, 0.6) is 0 Å². The molecule has 7 rings (SSSR count). The second-order valence-electron chi connectivity index (χ2n) is 7.96. The molecule has 0 spiro atoms. The van der Waals surface area contributed by atoms with E-state index in [1.165, 1.54) is 58.4 Å². The van der Waals surface area contributed by atoms with Crippen LogP contribution in [-0.4, -0.2) is 4.57 Å². The fourth-order valence-corrected chi connectivity index (χ4v) is 6.44. The van der Waals surface area contributed by atoms with Gasteiger partial charge in [0.15, 0.2) is 0 Å². The minimum atomic E-state index is 1.10. The molecule has 0 aliphatic rings. The summed E-state index contributed by atoms with van der Waals surface area (Å²) in [5.74, 6) is 0. The Morgan fingerprint density at radius 1 is 0.581 bits per heavy atom. The fraction of sp³-hybridized carbons (Fsp3) is 0. The van der Waals surface area contributed by atoms with Gasteiger partial charge in [0.1, 0.15) is 0 Å². The molecule has 146 valence electrons. The van der Waals surface area contributed by atoms with E-state index in [4.69, 9.17) is 0 Å². The van der Waals surface area contributed by atoms with Gasteiger partial charge in [-0.3, -0.25) is 0 Å². The molecule has 0 bridgehead atoms. The first-order valence-corrected chi connectivity index (χ1v) is 11.9. The standard InChI is InChI=1S/C28H16BrNS/c29-18-11-13-25-24(15-18)23-14-17-10-12-21-20-8-4-5-9-27(20)31-28(21)22(17)16-26(23)30(25)19-6-2-1-3-7-19/h1-16H. The number of fused-ring (bicyclic) bond motifs is 8. The largest absolute Gasteiger partial charge is 0.309 e. The average Bonchev–Trinajstić information content (AvgIpc) is 3.34. The van der Waals surface area contributed by atoms with Gasteiger partial charge in [-0.15, -0.1) is 11.3 Å². The van der Waals surface area contributed by atoms with Gasteiger partial charge in [0.2, 0.25) is 0 Å². The van der Waals surface area contributed by atoms with Crippen molar-refractivity contribution in [1.29, 1.82) is 0 Å².